The lowest BCUT2D eigenvalue weighted by molar-refractivity contribution is -0.226. The van der Waals surface area contributed by atoms with Crippen LogP contribution in [0.2, 0.25) is 0 Å². The normalized spacial score (nSPS) is 17.7. The predicted molar refractivity (Wildman–Crippen MR) is 158 cm³/mol. The van der Waals surface area contributed by atoms with Gasteiger partial charge in [-0.15, -0.1) is 0 Å². The zero-order valence-corrected chi connectivity index (χ0v) is 23.6. The van der Waals surface area contributed by atoms with Crippen molar-refractivity contribution in [3.05, 3.63) is 108 Å². The summed E-state index contributed by atoms with van der Waals surface area (Å²) >= 11 is 0. The van der Waals surface area contributed by atoms with Crippen molar-refractivity contribution in [1.29, 1.82) is 0 Å². The van der Waals surface area contributed by atoms with Gasteiger partial charge >= 0.3 is 0 Å². The van der Waals surface area contributed by atoms with Crippen LogP contribution in [0.3, 0.4) is 0 Å². The summed E-state index contributed by atoms with van der Waals surface area (Å²) in [5, 5.41) is 0. The van der Waals surface area contributed by atoms with Crippen molar-refractivity contribution in [1.82, 2.24) is 0 Å². The van der Waals surface area contributed by atoms with Crippen LogP contribution in [0, 0.1) is 0 Å². The van der Waals surface area contributed by atoms with Gasteiger partial charge in [-0.05, 0) is 71.5 Å². The lowest BCUT2D eigenvalue weighted by atomic mass is 10.0. The van der Waals surface area contributed by atoms with Gasteiger partial charge in [-0.1, -0.05) is 72.8 Å². The molecule has 2 unspecified atom stereocenters. The van der Waals surface area contributed by atoms with Crippen LogP contribution >= 0.6 is 0 Å². The second-order valence-electron chi connectivity index (χ2n) is 11.0. The standard InChI is InChI=1S/C35H36O6/c1-35(2,40-19-25-3-7-27(8-4-25)29-11-15-31(16-12-29)36-21-33-23-38-33)41-20-26-5-9-28(10-6-26)30-13-17-32(18-14-30)37-22-34-24-39-34/h3-18,33-34H,19-24H2,1-2H3. The SMILES string of the molecule is CC(C)(OCc1ccc(-c2ccc(OCC3CO3)cc2)cc1)OCc1ccc(-c2ccc(OCC3CO3)cc2)cc1. The lowest BCUT2D eigenvalue weighted by Crippen LogP contribution is -2.28. The van der Waals surface area contributed by atoms with Crippen molar-refractivity contribution >= 4 is 0 Å². The van der Waals surface area contributed by atoms with Crippen LogP contribution in [-0.2, 0) is 32.2 Å². The second kappa shape index (κ2) is 12.5. The quantitative estimate of drug-likeness (QED) is 0.123. The molecule has 2 atom stereocenters. The van der Waals surface area contributed by atoms with E-state index in [0.717, 1.165) is 58.1 Å². The molecule has 0 aliphatic carbocycles. The van der Waals surface area contributed by atoms with Gasteiger partial charge in [-0.25, -0.2) is 0 Å². The first kappa shape index (κ1) is 27.5. The van der Waals surface area contributed by atoms with Crippen molar-refractivity contribution in [2.45, 2.75) is 45.1 Å². The Balaban J connectivity index is 0.951. The van der Waals surface area contributed by atoms with E-state index in [1.165, 1.54) is 0 Å². The predicted octanol–water partition coefficient (Wildman–Crippen LogP) is 7.05. The number of rotatable bonds is 14. The second-order valence-corrected chi connectivity index (χ2v) is 11.0. The number of hydrogen-bond donors (Lipinski definition) is 0. The molecule has 6 rings (SSSR count). The molecule has 2 heterocycles. The Morgan fingerprint density at radius 2 is 0.854 bits per heavy atom. The van der Waals surface area contributed by atoms with Gasteiger partial charge in [-0.2, -0.15) is 0 Å². The molecule has 212 valence electrons. The summed E-state index contributed by atoms with van der Waals surface area (Å²) in [7, 11) is 0. The van der Waals surface area contributed by atoms with E-state index in [0.29, 0.717) is 26.4 Å². The van der Waals surface area contributed by atoms with Crippen LogP contribution in [0.4, 0.5) is 0 Å². The Hall–Kier alpha value is -3.68. The Kier molecular flexibility index (Phi) is 8.35. The van der Waals surface area contributed by atoms with Gasteiger partial charge in [-0.3, -0.25) is 0 Å². The van der Waals surface area contributed by atoms with Crippen LogP contribution in [0.25, 0.3) is 22.3 Å². The highest BCUT2D eigenvalue weighted by Crippen LogP contribution is 2.26. The molecular weight excluding hydrogens is 516 g/mol. The summed E-state index contributed by atoms with van der Waals surface area (Å²) in [4.78, 5) is 0. The van der Waals surface area contributed by atoms with Gasteiger partial charge in [0.15, 0.2) is 5.79 Å². The first-order chi connectivity index (χ1) is 20.0. The van der Waals surface area contributed by atoms with E-state index >= 15 is 0 Å². The highest BCUT2D eigenvalue weighted by Gasteiger charge is 2.24. The Morgan fingerprint density at radius 3 is 1.17 bits per heavy atom. The fraction of sp³-hybridized carbons (Fsp3) is 0.314. The maximum atomic E-state index is 6.12. The van der Waals surface area contributed by atoms with Gasteiger partial charge in [0, 0.05) is 0 Å². The van der Waals surface area contributed by atoms with E-state index in [1.54, 1.807) is 0 Å². The lowest BCUT2D eigenvalue weighted by Gasteiger charge is -2.26. The van der Waals surface area contributed by atoms with E-state index in [1.807, 2.05) is 38.1 Å². The first-order valence-electron chi connectivity index (χ1n) is 14.1. The Labute approximate surface area is 241 Å². The van der Waals surface area contributed by atoms with Gasteiger partial charge in [0.05, 0.1) is 26.4 Å². The van der Waals surface area contributed by atoms with Crippen LogP contribution < -0.4 is 9.47 Å². The summed E-state index contributed by atoms with van der Waals surface area (Å²) in [6, 6.07) is 33.2. The summed E-state index contributed by atoms with van der Waals surface area (Å²) in [6.45, 7) is 7.67. The molecule has 4 aromatic carbocycles. The molecule has 41 heavy (non-hydrogen) atoms. The minimum Gasteiger partial charge on any atom is -0.491 e. The summed E-state index contributed by atoms with van der Waals surface area (Å²) < 4.78 is 34.1. The highest BCUT2D eigenvalue weighted by molar-refractivity contribution is 5.65. The molecule has 6 nitrogen and oxygen atoms in total. The van der Waals surface area contributed by atoms with Crippen LogP contribution in [-0.4, -0.2) is 44.4 Å². The fourth-order valence-electron chi connectivity index (χ4n) is 4.34. The minimum atomic E-state index is -0.722. The van der Waals surface area contributed by atoms with Gasteiger partial charge < -0.3 is 28.4 Å². The number of ether oxygens (including phenoxy) is 6. The molecule has 2 saturated heterocycles. The average molecular weight is 553 g/mol. The van der Waals surface area contributed by atoms with Gasteiger partial charge in [0.25, 0.3) is 0 Å². The molecule has 0 bridgehead atoms. The largest absolute Gasteiger partial charge is 0.491 e. The molecule has 0 N–H and O–H groups in total. The molecule has 2 fully saturated rings. The summed E-state index contributed by atoms with van der Waals surface area (Å²) in [5.41, 5.74) is 6.78. The number of epoxide rings is 2. The first-order valence-corrected chi connectivity index (χ1v) is 14.1. The molecule has 0 saturated carbocycles. The molecular formula is C35H36O6. The molecule has 4 aromatic rings. The summed E-state index contributed by atoms with van der Waals surface area (Å²) in [6.07, 6.45) is 0.518. The summed E-state index contributed by atoms with van der Waals surface area (Å²) in [5.74, 6) is 1.01. The van der Waals surface area contributed by atoms with Crippen LogP contribution in [0.1, 0.15) is 25.0 Å². The highest BCUT2D eigenvalue weighted by atomic mass is 16.7. The Bertz CT molecular complexity index is 1280. The molecule has 0 amide bonds. The monoisotopic (exact) mass is 552 g/mol. The third kappa shape index (κ3) is 8.18. The molecule has 0 radical (unpaired) electrons. The topological polar surface area (TPSA) is 62.0 Å². The van der Waals surface area contributed by atoms with Crippen molar-refractivity contribution in [2.75, 3.05) is 26.4 Å². The van der Waals surface area contributed by atoms with Gasteiger partial charge in [0.2, 0.25) is 0 Å². The molecule has 0 aromatic heterocycles. The third-order valence-corrected chi connectivity index (χ3v) is 7.13. The number of benzene rings is 4. The van der Waals surface area contributed by atoms with Crippen molar-refractivity contribution < 1.29 is 28.4 Å². The van der Waals surface area contributed by atoms with E-state index in [-0.39, 0.29) is 12.2 Å². The zero-order valence-electron chi connectivity index (χ0n) is 23.6. The minimum absolute atomic E-state index is 0.259. The van der Waals surface area contributed by atoms with E-state index < -0.39 is 5.79 Å². The van der Waals surface area contributed by atoms with E-state index in [2.05, 4.69) is 72.8 Å². The molecule has 0 spiro atoms. The number of hydrogen-bond acceptors (Lipinski definition) is 6. The van der Waals surface area contributed by atoms with E-state index in [4.69, 9.17) is 28.4 Å². The van der Waals surface area contributed by atoms with Crippen LogP contribution in [0.5, 0.6) is 11.5 Å². The van der Waals surface area contributed by atoms with Crippen molar-refractivity contribution in [3.63, 3.8) is 0 Å². The van der Waals surface area contributed by atoms with E-state index in [9.17, 15) is 0 Å². The smallest absolute Gasteiger partial charge is 0.163 e. The van der Waals surface area contributed by atoms with Crippen LogP contribution in [0.15, 0.2) is 97.1 Å². The van der Waals surface area contributed by atoms with Crippen molar-refractivity contribution in [2.24, 2.45) is 0 Å². The Morgan fingerprint density at radius 1 is 0.537 bits per heavy atom. The van der Waals surface area contributed by atoms with Crippen molar-refractivity contribution in [3.8, 4) is 33.8 Å². The molecule has 2 aliphatic rings. The maximum absolute atomic E-state index is 6.12. The fourth-order valence-corrected chi connectivity index (χ4v) is 4.34. The average Bonchev–Trinajstić information content (AvgIpc) is 3.94. The molecule has 2 aliphatic heterocycles. The maximum Gasteiger partial charge on any atom is 0.163 e. The molecule has 6 heteroatoms. The van der Waals surface area contributed by atoms with Gasteiger partial charge in [0.1, 0.15) is 36.9 Å². The third-order valence-electron chi connectivity index (χ3n) is 7.13. The zero-order chi connectivity index (χ0) is 28.1.